The second-order valence-corrected chi connectivity index (χ2v) is 5.60. The Morgan fingerprint density at radius 2 is 1.81 bits per heavy atom. The molecule has 0 saturated heterocycles. The molecule has 1 fully saturated rings. The Morgan fingerprint density at radius 1 is 1.19 bits per heavy atom. The highest BCUT2D eigenvalue weighted by molar-refractivity contribution is 4.88. The smallest absolute Gasteiger partial charge is 0.00684 e. The van der Waals surface area contributed by atoms with E-state index < -0.39 is 0 Å². The van der Waals surface area contributed by atoms with Crippen LogP contribution in [0, 0.1) is 5.41 Å². The summed E-state index contributed by atoms with van der Waals surface area (Å²) in [4.78, 5) is 2.50. The first-order valence-corrected chi connectivity index (χ1v) is 7.07. The van der Waals surface area contributed by atoms with Crippen molar-refractivity contribution < 1.29 is 0 Å². The van der Waals surface area contributed by atoms with Gasteiger partial charge in [-0.05, 0) is 51.1 Å². The van der Waals surface area contributed by atoms with Gasteiger partial charge in [-0.3, -0.25) is 0 Å². The summed E-state index contributed by atoms with van der Waals surface area (Å²) in [5, 5.41) is 3.72. The van der Waals surface area contributed by atoms with Gasteiger partial charge in [-0.1, -0.05) is 20.8 Å². The largest absolute Gasteiger partial charge is 0.313 e. The third-order valence-electron chi connectivity index (χ3n) is 4.05. The molecule has 1 rings (SSSR count). The Labute approximate surface area is 102 Å². The van der Waals surface area contributed by atoms with Crippen LogP contribution in [0.15, 0.2) is 0 Å². The Morgan fingerprint density at radius 3 is 2.25 bits per heavy atom. The molecule has 0 aromatic carbocycles. The summed E-state index contributed by atoms with van der Waals surface area (Å²) < 4.78 is 0. The fourth-order valence-corrected chi connectivity index (χ4v) is 2.46. The minimum absolute atomic E-state index is 0.493. The van der Waals surface area contributed by atoms with Gasteiger partial charge in [-0.2, -0.15) is 0 Å². The van der Waals surface area contributed by atoms with Gasteiger partial charge in [0.15, 0.2) is 0 Å². The van der Waals surface area contributed by atoms with E-state index in [1.54, 1.807) is 0 Å². The highest BCUT2D eigenvalue weighted by atomic mass is 15.1. The zero-order valence-electron chi connectivity index (χ0n) is 11.7. The molecule has 96 valence electrons. The van der Waals surface area contributed by atoms with E-state index in [0.717, 1.165) is 6.04 Å². The molecule has 0 bridgehead atoms. The standard InChI is InChI=1S/C14H30N2/c1-5-10-16(4)12-14(6-2,7-3)11-15-13-8-9-13/h13,15H,5-12H2,1-4H3. The Balaban J connectivity index is 2.40. The summed E-state index contributed by atoms with van der Waals surface area (Å²) in [6.45, 7) is 10.6. The monoisotopic (exact) mass is 226 g/mol. The molecule has 0 aromatic heterocycles. The quantitative estimate of drug-likeness (QED) is 0.650. The minimum atomic E-state index is 0.493. The molecule has 0 heterocycles. The molecule has 1 aliphatic carbocycles. The molecule has 1 N–H and O–H groups in total. The summed E-state index contributed by atoms with van der Waals surface area (Å²) in [5.41, 5.74) is 0.493. The topological polar surface area (TPSA) is 15.3 Å². The van der Waals surface area contributed by atoms with Crippen molar-refractivity contribution in [2.45, 2.75) is 58.9 Å². The zero-order chi connectivity index (χ0) is 12.0. The molecule has 0 spiro atoms. The summed E-state index contributed by atoms with van der Waals surface area (Å²) in [7, 11) is 2.26. The molecule has 1 saturated carbocycles. The van der Waals surface area contributed by atoms with Crippen LogP contribution in [0.25, 0.3) is 0 Å². The Hall–Kier alpha value is -0.0800. The van der Waals surface area contributed by atoms with Crippen LogP contribution in [-0.2, 0) is 0 Å². The fraction of sp³-hybridized carbons (Fsp3) is 1.00. The maximum absolute atomic E-state index is 3.72. The second-order valence-electron chi connectivity index (χ2n) is 5.60. The zero-order valence-corrected chi connectivity index (χ0v) is 11.7. The van der Waals surface area contributed by atoms with Crippen LogP contribution >= 0.6 is 0 Å². The Kier molecular flexibility index (Phi) is 5.77. The van der Waals surface area contributed by atoms with Crippen molar-refractivity contribution >= 4 is 0 Å². The molecule has 0 unspecified atom stereocenters. The van der Waals surface area contributed by atoms with Crippen LogP contribution in [0.3, 0.4) is 0 Å². The van der Waals surface area contributed by atoms with Gasteiger partial charge in [-0.25, -0.2) is 0 Å². The average molecular weight is 226 g/mol. The van der Waals surface area contributed by atoms with Crippen molar-refractivity contribution in [3.63, 3.8) is 0 Å². The molecule has 2 nitrogen and oxygen atoms in total. The van der Waals surface area contributed by atoms with Crippen LogP contribution in [0.5, 0.6) is 0 Å². The number of nitrogens with zero attached hydrogens (tertiary/aromatic N) is 1. The van der Waals surface area contributed by atoms with Crippen LogP contribution < -0.4 is 5.32 Å². The lowest BCUT2D eigenvalue weighted by molar-refractivity contribution is 0.155. The summed E-state index contributed by atoms with van der Waals surface area (Å²) in [5.74, 6) is 0. The van der Waals surface area contributed by atoms with Crippen LogP contribution in [0.1, 0.15) is 52.9 Å². The van der Waals surface area contributed by atoms with E-state index in [-0.39, 0.29) is 0 Å². The van der Waals surface area contributed by atoms with E-state index in [1.165, 1.54) is 51.7 Å². The van der Waals surface area contributed by atoms with Crippen molar-refractivity contribution in [3.8, 4) is 0 Å². The van der Waals surface area contributed by atoms with Gasteiger partial charge in [-0.15, -0.1) is 0 Å². The maximum Gasteiger partial charge on any atom is 0.00684 e. The van der Waals surface area contributed by atoms with Gasteiger partial charge >= 0.3 is 0 Å². The number of rotatable bonds is 9. The first kappa shape index (κ1) is 14.0. The van der Waals surface area contributed by atoms with Crippen LogP contribution in [0.4, 0.5) is 0 Å². The van der Waals surface area contributed by atoms with E-state index in [2.05, 4.69) is 38.0 Å². The summed E-state index contributed by atoms with van der Waals surface area (Å²) in [6.07, 6.45) is 6.63. The fourth-order valence-electron chi connectivity index (χ4n) is 2.46. The van der Waals surface area contributed by atoms with Crippen molar-refractivity contribution in [2.24, 2.45) is 5.41 Å². The molecule has 16 heavy (non-hydrogen) atoms. The molecule has 1 aliphatic rings. The highest BCUT2D eigenvalue weighted by Gasteiger charge is 2.30. The second kappa shape index (κ2) is 6.61. The third kappa shape index (κ3) is 4.42. The van der Waals surface area contributed by atoms with Crippen molar-refractivity contribution in [1.29, 1.82) is 0 Å². The van der Waals surface area contributed by atoms with E-state index in [1.807, 2.05) is 0 Å². The van der Waals surface area contributed by atoms with Gasteiger partial charge in [0, 0.05) is 19.1 Å². The van der Waals surface area contributed by atoms with Crippen molar-refractivity contribution in [1.82, 2.24) is 10.2 Å². The van der Waals surface area contributed by atoms with Gasteiger partial charge in [0.1, 0.15) is 0 Å². The third-order valence-corrected chi connectivity index (χ3v) is 4.05. The molecule has 2 heteroatoms. The summed E-state index contributed by atoms with van der Waals surface area (Å²) in [6, 6.07) is 0.842. The molecule has 0 atom stereocenters. The number of hydrogen-bond donors (Lipinski definition) is 1. The molecular formula is C14H30N2. The average Bonchev–Trinajstić information content (AvgIpc) is 3.08. The molecule has 0 amide bonds. The van der Waals surface area contributed by atoms with E-state index in [0.29, 0.717) is 5.41 Å². The lowest BCUT2D eigenvalue weighted by Crippen LogP contribution is -2.43. The molecule has 0 aliphatic heterocycles. The van der Waals surface area contributed by atoms with Gasteiger partial charge in [0.25, 0.3) is 0 Å². The maximum atomic E-state index is 3.72. The lowest BCUT2D eigenvalue weighted by Gasteiger charge is -2.36. The minimum Gasteiger partial charge on any atom is -0.313 e. The number of hydrogen-bond acceptors (Lipinski definition) is 2. The first-order valence-electron chi connectivity index (χ1n) is 7.07. The van der Waals surface area contributed by atoms with Crippen molar-refractivity contribution in [2.75, 3.05) is 26.7 Å². The predicted octanol–water partition coefficient (Wildman–Crippen LogP) is 2.89. The summed E-state index contributed by atoms with van der Waals surface area (Å²) >= 11 is 0. The Bertz CT molecular complexity index is 183. The van der Waals surface area contributed by atoms with E-state index in [9.17, 15) is 0 Å². The van der Waals surface area contributed by atoms with E-state index >= 15 is 0 Å². The predicted molar refractivity (Wildman–Crippen MR) is 71.8 cm³/mol. The van der Waals surface area contributed by atoms with Gasteiger partial charge in [0.2, 0.25) is 0 Å². The normalized spacial score (nSPS) is 17.1. The van der Waals surface area contributed by atoms with Gasteiger partial charge in [0.05, 0.1) is 0 Å². The first-order chi connectivity index (χ1) is 7.65. The highest BCUT2D eigenvalue weighted by Crippen LogP contribution is 2.28. The number of nitrogens with one attached hydrogen (secondary N) is 1. The van der Waals surface area contributed by atoms with E-state index in [4.69, 9.17) is 0 Å². The lowest BCUT2D eigenvalue weighted by atomic mass is 9.81. The van der Waals surface area contributed by atoms with Crippen molar-refractivity contribution in [3.05, 3.63) is 0 Å². The molecule has 0 radical (unpaired) electrons. The molecular weight excluding hydrogens is 196 g/mol. The van der Waals surface area contributed by atoms with Crippen LogP contribution in [0.2, 0.25) is 0 Å². The molecule has 0 aromatic rings. The SMILES string of the molecule is CCCN(C)CC(CC)(CC)CNC1CC1. The van der Waals surface area contributed by atoms with Gasteiger partial charge < -0.3 is 10.2 Å². The van der Waals surface area contributed by atoms with Crippen LogP contribution in [-0.4, -0.2) is 37.6 Å².